The first-order valence-corrected chi connectivity index (χ1v) is 10.6. The van der Waals surface area contributed by atoms with E-state index in [1.54, 1.807) is 11.8 Å². The number of nitrogens with two attached hydrogens (primary N) is 1. The lowest BCUT2D eigenvalue weighted by molar-refractivity contribution is -0.119. The molecule has 2 unspecified atom stereocenters. The summed E-state index contributed by atoms with van der Waals surface area (Å²) in [6.07, 6.45) is 2.83. The van der Waals surface area contributed by atoms with Gasteiger partial charge in [-0.25, -0.2) is 0 Å². The highest BCUT2D eigenvalue weighted by Crippen LogP contribution is 2.48. The number of rotatable bonds is 6. The molecule has 1 heterocycles. The van der Waals surface area contributed by atoms with Crippen LogP contribution in [-0.2, 0) is 11.3 Å². The maximum atomic E-state index is 11.4. The van der Waals surface area contributed by atoms with Gasteiger partial charge in [0.2, 0.25) is 5.91 Å². The first-order valence-electron chi connectivity index (χ1n) is 9.06. The molecule has 1 saturated carbocycles. The fourth-order valence-electron chi connectivity index (χ4n) is 3.29. The Hall–Kier alpha value is -1.95. The molecule has 2 atom stereocenters. The number of carbonyl (C=O) groups is 1. The first-order chi connectivity index (χ1) is 13.5. The van der Waals surface area contributed by atoms with Crippen LogP contribution in [0.3, 0.4) is 0 Å². The second-order valence-corrected chi connectivity index (χ2v) is 8.80. The minimum absolute atomic E-state index is 0.0720. The zero-order chi connectivity index (χ0) is 19.8. The topological polar surface area (TPSA) is 60.9 Å². The van der Waals surface area contributed by atoms with Gasteiger partial charge in [-0.05, 0) is 55.2 Å². The average Bonchev–Trinajstić information content (AvgIpc) is 3.39. The molecule has 1 aromatic heterocycles. The number of hydrogen-bond acceptors (Lipinski definition) is 3. The molecule has 3 aromatic rings. The van der Waals surface area contributed by atoms with Crippen LogP contribution in [0.25, 0.3) is 11.3 Å². The molecular formula is C21H19Cl2N3OS. The van der Waals surface area contributed by atoms with E-state index in [1.165, 1.54) is 0 Å². The Labute approximate surface area is 178 Å². The molecule has 1 aliphatic carbocycles. The van der Waals surface area contributed by atoms with Crippen LogP contribution in [0.4, 0.5) is 0 Å². The molecule has 144 valence electrons. The van der Waals surface area contributed by atoms with Crippen LogP contribution in [0.5, 0.6) is 0 Å². The van der Waals surface area contributed by atoms with E-state index in [2.05, 4.69) is 6.92 Å². The first kappa shape index (κ1) is 19.4. The molecule has 7 heteroatoms. The molecule has 0 spiro atoms. The van der Waals surface area contributed by atoms with E-state index < -0.39 is 0 Å². The Kier molecular flexibility index (Phi) is 5.41. The number of halogens is 2. The third-order valence-corrected chi connectivity index (χ3v) is 6.52. The molecule has 4 nitrogen and oxygen atoms in total. The van der Waals surface area contributed by atoms with Gasteiger partial charge in [0.05, 0.1) is 9.92 Å². The van der Waals surface area contributed by atoms with Gasteiger partial charge in [0, 0.05) is 34.1 Å². The molecular weight excluding hydrogens is 413 g/mol. The molecule has 28 heavy (non-hydrogen) atoms. The number of amides is 1. The number of hydrogen-bond donors (Lipinski definition) is 1. The van der Waals surface area contributed by atoms with Gasteiger partial charge in [-0.1, -0.05) is 47.1 Å². The van der Waals surface area contributed by atoms with E-state index in [-0.39, 0.29) is 17.7 Å². The Bertz CT molecular complexity index is 1030. The summed E-state index contributed by atoms with van der Waals surface area (Å²) >= 11 is 14.2. The van der Waals surface area contributed by atoms with Crippen LogP contribution in [0.2, 0.25) is 10.0 Å². The molecule has 1 fully saturated rings. The van der Waals surface area contributed by atoms with Crippen molar-refractivity contribution in [1.82, 2.24) is 9.78 Å². The second-order valence-electron chi connectivity index (χ2n) is 6.84. The predicted molar refractivity (Wildman–Crippen MR) is 114 cm³/mol. The normalized spacial score (nSPS) is 18.2. The van der Waals surface area contributed by atoms with Crippen molar-refractivity contribution in [3.05, 3.63) is 64.3 Å². The van der Waals surface area contributed by atoms with Gasteiger partial charge in [-0.3, -0.25) is 9.48 Å². The summed E-state index contributed by atoms with van der Waals surface area (Å²) in [7, 11) is 0. The predicted octanol–water partition coefficient (Wildman–Crippen LogP) is 5.62. The number of aromatic nitrogens is 2. The molecule has 0 saturated heterocycles. The SMILES string of the molecule is CCn1cc(Sc2ccc(Cl)cc2)c(-c2ccc(C3CC3C(N)=O)cc2Cl)n1. The highest BCUT2D eigenvalue weighted by Gasteiger charge is 2.42. The smallest absolute Gasteiger partial charge is 0.221 e. The summed E-state index contributed by atoms with van der Waals surface area (Å²) in [5.74, 6) is -0.133. The van der Waals surface area contributed by atoms with Crippen LogP contribution >= 0.6 is 35.0 Å². The van der Waals surface area contributed by atoms with Crippen molar-refractivity contribution in [2.24, 2.45) is 11.7 Å². The van der Waals surface area contributed by atoms with Gasteiger partial charge in [0.25, 0.3) is 0 Å². The molecule has 1 aliphatic rings. The maximum Gasteiger partial charge on any atom is 0.221 e. The van der Waals surface area contributed by atoms with Gasteiger partial charge in [0.15, 0.2) is 0 Å². The number of primary amides is 1. The van der Waals surface area contributed by atoms with E-state index in [0.717, 1.165) is 39.6 Å². The van der Waals surface area contributed by atoms with E-state index in [1.807, 2.05) is 53.3 Å². The van der Waals surface area contributed by atoms with E-state index in [9.17, 15) is 4.79 Å². The van der Waals surface area contributed by atoms with Gasteiger partial charge < -0.3 is 5.73 Å². The largest absolute Gasteiger partial charge is 0.369 e. The summed E-state index contributed by atoms with van der Waals surface area (Å²) in [6.45, 7) is 2.82. The average molecular weight is 432 g/mol. The molecule has 0 aliphatic heterocycles. The highest BCUT2D eigenvalue weighted by molar-refractivity contribution is 7.99. The molecule has 1 amide bonds. The number of benzene rings is 2. The fourth-order valence-corrected chi connectivity index (χ4v) is 4.64. The lowest BCUT2D eigenvalue weighted by Crippen LogP contribution is -2.13. The quantitative estimate of drug-likeness (QED) is 0.550. The van der Waals surface area contributed by atoms with Crippen molar-refractivity contribution < 1.29 is 4.79 Å². The van der Waals surface area contributed by atoms with Crippen LogP contribution in [0, 0.1) is 5.92 Å². The highest BCUT2D eigenvalue weighted by atomic mass is 35.5. The summed E-state index contributed by atoms with van der Waals surface area (Å²) in [5.41, 5.74) is 8.19. The lowest BCUT2D eigenvalue weighted by atomic mass is 10.0. The Morgan fingerprint density at radius 3 is 2.61 bits per heavy atom. The van der Waals surface area contributed by atoms with E-state index in [0.29, 0.717) is 10.0 Å². The molecule has 4 rings (SSSR count). The van der Waals surface area contributed by atoms with Crippen molar-refractivity contribution in [2.75, 3.05) is 0 Å². The molecule has 2 N–H and O–H groups in total. The molecule has 0 radical (unpaired) electrons. The third kappa shape index (κ3) is 3.93. The minimum atomic E-state index is -0.242. The van der Waals surface area contributed by atoms with Crippen LogP contribution < -0.4 is 5.73 Å². The van der Waals surface area contributed by atoms with Gasteiger partial charge >= 0.3 is 0 Å². The Balaban J connectivity index is 1.66. The number of carbonyl (C=O) groups excluding carboxylic acids is 1. The van der Waals surface area contributed by atoms with E-state index >= 15 is 0 Å². The fraction of sp³-hybridized carbons (Fsp3) is 0.238. The van der Waals surface area contributed by atoms with E-state index in [4.69, 9.17) is 34.0 Å². The zero-order valence-electron chi connectivity index (χ0n) is 15.2. The standard InChI is InChI=1S/C21H19Cl2N3OS/c1-2-26-11-19(28-14-6-4-13(22)5-7-14)20(25-26)15-8-3-12(9-18(15)23)16-10-17(16)21(24)27/h3-9,11,16-17H,2,10H2,1H3,(H2,24,27). The van der Waals surface area contributed by atoms with Crippen LogP contribution in [-0.4, -0.2) is 15.7 Å². The zero-order valence-corrected chi connectivity index (χ0v) is 17.6. The van der Waals surface area contributed by atoms with Crippen molar-refractivity contribution in [1.29, 1.82) is 0 Å². The van der Waals surface area contributed by atoms with Gasteiger partial charge in [-0.15, -0.1) is 0 Å². The Morgan fingerprint density at radius 1 is 1.25 bits per heavy atom. The van der Waals surface area contributed by atoms with Crippen LogP contribution in [0.1, 0.15) is 24.8 Å². The monoisotopic (exact) mass is 431 g/mol. The molecule has 0 bridgehead atoms. The lowest BCUT2D eigenvalue weighted by Gasteiger charge is -2.07. The summed E-state index contributed by atoms with van der Waals surface area (Å²) < 4.78 is 1.90. The minimum Gasteiger partial charge on any atom is -0.369 e. The second kappa shape index (κ2) is 7.82. The van der Waals surface area contributed by atoms with Crippen molar-refractivity contribution in [2.45, 2.75) is 35.6 Å². The van der Waals surface area contributed by atoms with Gasteiger partial charge in [-0.2, -0.15) is 5.10 Å². The summed E-state index contributed by atoms with van der Waals surface area (Å²) in [5, 5.41) is 6.06. The summed E-state index contributed by atoms with van der Waals surface area (Å²) in [4.78, 5) is 13.5. The molecule has 2 aromatic carbocycles. The maximum absolute atomic E-state index is 11.4. The third-order valence-electron chi connectivity index (χ3n) is 4.93. The van der Waals surface area contributed by atoms with Gasteiger partial charge in [0.1, 0.15) is 5.69 Å². The number of nitrogens with zero attached hydrogens (tertiary/aromatic N) is 2. The summed E-state index contributed by atoms with van der Waals surface area (Å²) in [6, 6.07) is 13.7. The van der Waals surface area contributed by atoms with Crippen molar-refractivity contribution >= 4 is 40.9 Å². The number of aryl methyl sites for hydroxylation is 1. The van der Waals surface area contributed by atoms with Crippen LogP contribution in [0.15, 0.2) is 58.5 Å². The van der Waals surface area contributed by atoms with Crippen molar-refractivity contribution in [3.63, 3.8) is 0 Å². The Morgan fingerprint density at radius 2 is 2.00 bits per heavy atom. The van der Waals surface area contributed by atoms with Crippen molar-refractivity contribution in [3.8, 4) is 11.3 Å².